The van der Waals surface area contributed by atoms with Crippen molar-refractivity contribution in [3.05, 3.63) is 0 Å². The summed E-state index contributed by atoms with van der Waals surface area (Å²) < 4.78 is 9.17. The maximum Gasteiger partial charge on any atom is 0.410 e. The normalized spacial score (nSPS) is 20.7. The lowest BCUT2D eigenvalue weighted by molar-refractivity contribution is -0.146. The first-order chi connectivity index (χ1) is 6.70. The van der Waals surface area contributed by atoms with Crippen LogP contribution >= 0.6 is 11.6 Å². The molecular formula is C8H12ClNO4. The molecule has 6 heteroatoms. The van der Waals surface area contributed by atoms with Crippen LogP contribution in [0.25, 0.3) is 0 Å². The van der Waals surface area contributed by atoms with Crippen molar-refractivity contribution in [3.8, 4) is 0 Å². The van der Waals surface area contributed by atoms with Crippen LogP contribution in [0.1, 0.15) is 12.8 Å². The second-order valence-electron chi connectivity index (χ2n) is 2.89. The van der Waals surface area contributed by atoms with E-state index in [-0.39, 0.29) is 6.07 Å². The highest BCUT2D eigenvalue weighted by Crippen LogP contribution is 2.19. The summed E-state index contributed by atoms with van der Waals surface area (Å²) in [6.07, 6.45) is 0.876. The van der Waals surface area contributed by atoms with Crippen molar-refractivity contribution in [1.82, 2.24) is 4.90 Å². The number of hydrogen-bond acceptors (Lipinski definition) is 4. The highest BCUT2D eigenvalue weighted by Gasteiger charge is 2.35. The molecule has 1 amide bonds. The summed E-state index contributed by atoms with van der Waals surface area (Å²) in [5, 5.41) is 0. The molecule has 1 atom stereocenters. The van der Waals surface area contributed by atoms with Crippen molar-refractivity contribution in [2.75, 3.05) is 19.7 Å². The summed E-state index contributed by atoms with van der Waals surface area (Å²) >= 11 is 5.26. The van der Waals surface area contributed by atoms with Gasteiger partial charge in [-0.25, -0.2) is 9.59 Å². The molecule has 80 valence electrons. The Bertz CT molecular complexity index is 233. The fraction of sp³-hybridized carbons (Fsp3) is 0.750. The van der Waals surface area contributed by atoms with Crippen molar-refractivity contribution in [3.63, 3.8) is 0 Å². The summed E-state index contributed by atoms with van der Waals surface area (Å²) in [7, 11) is 1.28. The third-order valence-corrected chi connectivity index (χ3v) is 2.24. The van der Waals surface area contributed by atoms with E-state index >= 15 is 0 Å². The van der Waals surface area contributed by atoms with E-state index < -0.39 is 18.1 Å². The van der Waals surface area contributed by atoms with Gasteiger partial charge in [0, 0.05) is 6.54 Å². The summed E-state index contributed by atoms with van der Waals surface area (Å²) in [6.45, 7) is 0.523. The Balaban J connectivity index is 2.59. The minimum absolute atomic E-state index is 0.190. The van der Waals surface area contributed by atoms with Gasteiger partial charge >= 0.3 is 12.1 Å². The van der Waals surface area contributed by atoms with Gasteiger partial charge in [0.2, 0.25) is 0 Å². The van der Waals surface area contributed by atoms with Crippen LogP contribution in [-0.4, -0.2) is 42.7 Å². The predicted molar refractivity (Wildman–Crippen MR) is 48.9 cm³/mol. The molecule has 1 aliphatic heterocycles. The molecule has 1 heterocycles. The topological polar surface area (TPSA) is 55.8 Å². The first-order valence-electron chi connectivity index (χ1n) is 4.28. The van der Waals surface area contributed by atoms with Crippen molar-refractivity contribution in [1.29, 1.82) is 0 Å². The van der Waals surface area contributed by atoms with Crippen molar-refractivity contribution in [2.45, 2.75) is 18.9 Å². The van der Waals surface area contributed by atoms with E-state index in [0.717, 1.165) is 6.42 Å². The first-order valence-corrected chi connectivity index (χ1v) is 4.81. The molecular weight excluding hydrogens is 210 g/mol. The molecule has 0 bridgehead atoms. The zero-order chi connectivity index (χ0) is 10.6. The van der Waals surface area contributed by atoms with Gasteiger partial charge in [-0.3, -0.25) is 4.90 Å². The number of nitrogens with zero attached hydrogens (tertiary/aromatic N) is 1. The van der Waals surface area contributed by atoms with Gasteiger partial charge in [0.25, 0.3) is 0 Å². The molecule has 1 rings (SSSR count). The monoisotopic (exact) mass is 221 g/mol. The Labute approximate surface area is 86.9 Å². The van der Waals surface area contributed by atoms with E-state index in [9.17, 15) is 9.59 Å². The lowest BCUT2D eigenvalue weighted by atomic mass is 10.2. The second kappa shape index (κ2) is 5.05. The fourth-order valence-corrected chi connectivity index (χ4v) is 1.61. The van der Waals surface area contributed by atoms with E-state index in [1.165, 1.54) is 12.0 Å². The quantitative estimate of drug-likeness (QED) is 0.515. The number of amides is 1. The highest BCUT2D eigenvalue weighted by atomic mass is 35.5. The molecule has 0 aliphatic carbocycles. The van der Waals surface area contributed by atoms with Gasteiger partial charge in [0.1, 0.15) is 6.04 Å². The van der Waals surface area contributed by atoms with Crippen LogP contribution in [0.3, 0.4) is 0 Å². The first kappa shape index (κ1) is 11.1. The van der Waals surface area contributed by atoms with Crippen LogP contribution in [-0.2, 0) is 14.3 Å². The Morgan fingerprint density at radius 2 is 2.29 bits per heavy atom. The van der Waals surface area contributed by atoms with Gasteiger partial charge in [0.15, 0.2) is 6.07 Å². The molecule has 14 heavy (non-hydrogen) atoms. The zero-order valence-corrected chi connectivity index (χ0v) is 8.62. The molecule has 1 fully saturated rings. The SMILES string of the molecule is COC(=O)N1CCCC1C(=O)OCCl. The number of esters is 1. The van der Waals surface area contributed by atoms with Crippen molar-refractivity contribution in [2.24, 2.45) is 0 Å². The third-order valence-electron chi connectivity index (χ3n) is 2.13. The van der Waals surface area contributed by atoms with Crippen LogP contribution in [0.2, 0.25) is 0 Å². The third kappa shape index (κ3) is 2.29. The summed E-state index contributed by atoms with van der Waals surface area (Å²) in [6, 6.07) is -0.731. The van der Waals surface area contributed by atoms with Crippen LogP contribution in [0.15, 0.2) is 0 Å². The van der Waals surface area contributed by atoms with Gasteiger partial charge in [-0.2, -0.15) is 0 Å². The molecule has 0 N–H and O–H groups in total. The molecule has 0 aromatic carbocycles. The highest BCUT2D eigenvalue weighted by molar-refractivity contribution is 6.17. The number of carbonyl (C=O) groups excluding carboxylic acids is 2. The van der Waals surface area contributed by atoms with E-state index in [0.29, 0.717) is 13.0 Å². The van der Waals surface area contributed by atoms with Gasteiger partial charge in [0.05, 0.1) is 7.11 Å². The Morgan fingerprint density at radius 1 is 1.57 bits per heavy atom. The van der Waals surface area contributed by atoms with Gasteiger partial charge in [-0.15, -0.1) is 0 Å². The molecule has 0 radical (unpaired) electrons. The average Bonchev–Trinajstić information content (AvgIpc) is 2.65. The van der Waals surface area contributed by atoms with E-state index in [2.05, 4.69) is 9.47 Å². The maximum absolute atomic E-state index is 11.3. The van der Waals surface area contributed by atoms with E-state index in [1.54, 1.807) is 0 Å². The van der Waals surface area contributed by atoms with Crippen LogP contribution in [0.5, 0.6) is 0 Å². The summed E-state index contributed by atoms with van der Waals surface area (Å²) in [5.74, 6) is -0.470. The average molecular weight is 222 g/mol. The number of alkyl halides is 1. The lowest BCUT2D eigenvalue weighted by Crippen LogP contribution is -2.41. The number of hydrogen-bond donors (Lipinski definition) is 0. The minimum atomic E-state index is -0.541. The fourth-order valence-electron chi connectivity index (χ4n) is 1.50. The lowest BCUT2D eigenvalue weighted by Gasteiger charge is -2.20. The van der Waals surface area contributed by atoms with Crippen LogP contribution in [0, 0.1) is 0 Å². The molecule has 0 aromatic heterocycles. The maximum atomic E-state index is 11.3. The molecule has 0 spiro atoms. The number of halogens is 1. The second-order valence-corrected chi connectivity index (χ2v) is 3.11. The molecule has 1 aliphatic rings. The molecule has 1 saturated heterocycles. The van der Waals surface area contributed by atoms with E-state index in [4.69, 9.17) is 11.6 Å². The summed E-state index contributed by atoms with van der Waals surface area (Å²) in [4.78, 5) is 23.9. The largest absolute Gasteiger partial charge is 0.453 e. The van der Waals surface area contributed by atoms with E-state index in [1.807, 2.05) is 0 Å². The Hall–Kier alpha value is -0.970. The predicted octanol–water partition coefficient (Wildman–Crippen LogP) is 0.957. The van der Waals surface area contributed by atoms with Crippen LogP contribution in [0.4, 0.5) is 4.79 Å². The van der Waals surface area contributed by atoms with Gasteiger partial charge in [-0.1, -0.05) is 11.6 Å². The standard InChI is InChI=1S/C8H12ClNO4/c1-13-8(12)10-4-2-3-6(10)7(11)14-5-9/h6H,2-5H2,1H3. The molecule has 1 unspecified atom stereocenters. The number of likely N-dealkylation sites (tertiary alicyclic amines) is 1. The summed E-state index contributed by atoms with van der Waals surface area (Å²) in [5.41, 5.74) is 0. The Kier molecular flexibility index (Phi) is 4.00. The van der Waals surface area contributed by atoms with Crippen LogP contribution < -0.4 is 0 Å². The zero-order valence-electron chi connectivity index (χ0n) is 7.86. The number of methoxy groups -OCH3 is 1. The van der Waals surface area contributed by atoms with Crippen molar-refractivity contribution >= 4 is 23.7 Å². The van der Waals surface area contributed by atoms with Gasteiger partial charge in [-0.05, 0) is 12.8 Å². The smallest absolute Gasteiger partial charge is 0.410 e. The number of ether oxygens (including phenoxy) is 2. The minimum Gasteiger partial charge on any atom is -0.453 e. The molecule has 0 aromatic rings. The number of carbonyl (C=O) groups is 2. The molecule has 5 nitrogen and oxygen atoms in total. The Morgan fingerprint density at radius 3 is 2.86 bits per heavy atom. The number of rotatable bonds is 2. The molecule has 0 saturated carbocycles. The van der Waals surface area contributed by atoms with Crippen molar-refractivity contribution < 1.29 is 19.1 Å². The van der Waals surface area contributed by atoms with Gasteiger partial charge < -0.3 is 9.47 Å².